The number of aliphatic hydroxyl groups is 1. The number of benzene rings is 2. The van der Waals surface area contributed by atoms with Crippen molar-refractivity contribution >= 4 is 39.1 Å². The van der Waals surface area contributed by atoms with Crippen molar-refractivity contribution in [3.05, 3.63) is 64.1 Å². The van der Waals surface area contributed by atoms with Gasteiger partial charge in [0.2, 0.25) is 15.9 Å². The van der Waals surface area contributed by atoms with Gasteiger partial charge in [0, 0.05) is 29.7 Å². The van der Waals surface area contributed by atoms with Crippen molar-refractivity contribution in [1.82, 2.24) is 9.62 Å². The third-order valence-electron chi connectivity index (χ3n) is 3.70. The Hall–Kier alpha value is -1.64. The highest BCUT2D eigenvalue weighted by atomic mass is 35.5. The molecule has 6 nitrogen and oxygen atoms in total. The SMILES string of the molecule is O=C(CN(Cc1ccc(Cl)cc1)S(=O)(=O)c1ccc(Cl)cc1)NCCCO. The summed E-state index contributed by atoms with van der Waals surface area (Å²) in [5, 5.41) is 12.3. The molecule has 0 saturated heterocycles. The summed E-state index contributed by atoms with van der Waals surface area (Å²) in [6.45, 7) is -0.127. The lowest BCUT2D eigenvalue weighted by Crippen LogP contribution is -2.40. The first kappa shape index (κ1) is 21.7. The van der Waals surface area contributed by atoms with E-state index in [1.807, 2.05) is 0 Å². The Morgan fingerprint density at radius 2 is 1.56 bits per heavy atom. The first-order valence-electron chi connectivity index (χ1n) is 8.20. The second-order valence-electron chi connectivity index (χ2n) is 5.78. The Morgan fingerprint density at radius 3 is 2.11 bits per heavy atom. The molecule has 2 aromatic carbocycles. The maximum absolute atomic E-state index is 13.0. The van der Waals surface area contributed by atoms with Crippen molar-refractivity contribution in [3.63, 3.8) is 0 Å². The molecule has 27 heavy (non-hydrogen) atoms. The summed E-state index contributed by atoms with van der Waals surface area (Å²) >= 11 is 11.7. The van der Waals surface area contributed by atoms with E-state index in [0.717, 1.165) is 4.31 Å². The lowest BCUT2D eigenvalue weighted by Gasteiger charge is -2.22. The third-order valence-corrected chi connectivity index (χ3v) is 6.01. The number of aliphatic hydroxyl groups excluding tert-OH is 1. The van der Waals surface area contributed by atoms with Crippen molar-refractivity contribution in [3.8, 4) is 0 Å². The van der Waals surface area contributed by atoms with E-state index in [9.17, 15) is 13.2 Å². The average molecular weight is 431 g/mol. The van der Waals surface area contributed by atoms with Gasteiger partial charge in [0.1, 0.15) is 0 Å². The minimum absolute atomic E-state index is 0.00947. The predicted molar refractivity (Wildman–Crippen MR) is 105 cm³/mol. The van der Waals surface area contributed by atoms with Crippen LogP contribution in [0.15, 0.2) is 53.4 Å². The largest absolute Gasteiger partial charge is 0.396 e. The molecule has 9 heteroatoms. The van der Waals surface area contributed by atoms with Crippen molar-refractivity contribution in [1.29, 1.82) is 0 Å². The normalized spacial score (nSPS) is 11.6. The van der Waals surface area contributed by atoms with Gasteiger partial charge in [0.05, 0.1) is 11.4 Å². The zero-order valence-electron chi connectivity index (χ0n) is 14.4. The van der Waals surface area contributed by atoms with E-state index in [4.69, 9.17) is 28.3 Å². The molecule has 0 atom stereocenters. The molecule has 0 radical (unpaired) electrons. The van der Waals surface area contributed by atoms with Crippen LogP contribution >= 0.6 is 23.2 Å². The van der Waals surface area contributed by atoms with Crippen LogP contribution in [0.5, 0.6) is 0 Å². The molecule has 0 aliphatic heterocycles. The van der Waals surface area contributed by atoms with Crippen molar-refractivity contribution in [2.24, 2.45) is 0 Å². The summed E-state index contributed by atoms with van der Waals surface area (Å²) in [6, 6.07) is 12.5. The smallest absolute Gasteiger partial charge is 0.243 e. The molecule has 2 N–H and O–H groups in total. The van der Waals surface area contributed by atoms with Gasteiger partial charge in [-0.3, -0.25) is 4.79 Å². The summed E-state index contributed by atoms with van der Waals surface area (Å²) in [6.07, 6.45) is 0.396. The Kier molecular flexibility index (Phi) is 8.07. The summed E-state index contributed by atoms with van der Waals surface area (Å²) in [5.41, 5.74) is 0.695. The fourth-order valence-electron chi connectivity index (χ4n) is 2.30. The second kappa shape index (κ2) is 10.1. The van der Waals surface area contributed by atoms with E-state index in [2.05, 4.69) is 5.32 Å². The average Bonchev–Trinajstić information content (AvgIpc) is 2.63. The molecule has 2 rings (SSSR count). The Balaban J connectivity index is 2.25. The van der Waals surface area contributed by atoms with Crippen LogP contribution in [-0.4, -0.2) is 43.4 Å². The molecular weight excluding hydrogens is 411 g/mol. The van der Waals surface area contributed by atoms with Gasteiger partial charge >= 0.3 is 0 Å². The van der Waals surface area contributed by atoms with E-state index in [0.29, 0.717) is 22.0 Å². The monoisotopic (exact) mass is 430 g/mol. The van der Waals surface area contributed by atoms with Crippen LogP contribution in [0, 0.1) is 0 Å². The number of nitrogens with one attached hydrogen (secondary N) is 1. The Labute approximate surface area is 168 Å². The Morgan fingerprint density at radius 1 is 1.00 bits per heavy atom. The molecule has 0 saturated carbocycles. The highest BCUT2D eigenvalue weighted by Crippen LogP contribution is 2.21. The third kappa shape index (κ3) is 6.48. The van der Waals surface area contributed by atoms with Gasteiger partial charge < -0.3 is 10.4 Å². The molecular formula is C18H20Cl2N2O4S. The van der Waals surface area contributed by atoms with Crippen LogP contribution in [-0.2, 0) is 21.4 Å². The predicted octanol–water partition coefficient (Wildman–Crippen LogP) is 2.68. The van der Waals surface area contributed by atoms with Gasteiger partial charge in [-0.15, -0.1) is 0 Å². The fraction of sp³-hybridized carbons (Fsp3) is 0.278. The lowest BCUT2D eigenvalue weighted by molar-refractivity contribution is -0.121. The van der Waals surface area contributed by atoms with Gasteiger partial charge in [0.15, 0.2) is 0 Å². The van der Waals surface area contributed by atoms with Gasteiger partial charge in [-0.05, 0) is 48.4 Å². The number of rotatable bonds is 9. The van der Waals surface area contributed by atoms with Gasteiger partial charge in [0.25, 0.3) is 0 Å². The van der Waals surface area contributed by atoms with Crippen LogP contribution in [0.1, 0.15) is 12.0 Å². The maximum atomic E-state index is 13.0. The molecule has 0 aromatic heterocycles. The van der Waals surface area contributed by atoms with Crippen LogP contribution < -0.4 is 5.32 Å². The van der Waals surface area contributed by atoms with Crippen LogP contribution in [0.4, 0.5) is 0 Å². The minimum atomic E-state index is -3.92. The van der Waals surface area contributed by atoms with Crippen LogP contribution in [0.3, 0.4) is 0 Å². The molecule has 0 aliphatic rings. The molecule has 2 aromatic rings. The maximum Gasteiger partial charge on any atom is 0.243 e. The summed E-state index contributed by atoms with van der Waals surface area (Å²) in [7, 11) is -3.92. The molecule has 0 bridgehead atoms. The zero-order chi connectivity index (χ0) is 19.9. The van der Waals surface area contributed by atoms with Crippen molar-refractivity contribution in [2.45, 2.75) is 17.9 Å². The van der Waals surface area contributed by atoms with Crippen molar-refractivity contribution in [2.75, 3.05) is 19.7 Å². The van der Waals surface area contributed by atoms with E-state index in [1.54, 1.807) is 24.3 Å². The number of nitrogens with zero attached hydrogens (tertiary/aromatic N) is 1. The first-order valence-corrected chi connectivity index (χ1v) is 10.4. The second-order valence-corrected chi connectivity index (χ2v) is 8.59. The number of carbonyl (C=O) groups is 1. The summed E-state index contributed by atoms with van der Waals surface area (Å²) < 4.78 is 27.1. The first-order chi connectivity index (χ1) is 12.8. The lowest BCUT2D eigenvalue weighted by atomic mass is 10.2. The number of sulfonamides is 1. The van der Waals surface area contributed by atoms with Gasteiger partial charge in [-0.25, -0.2) is 8.42 Å². The standard InChI is InChI=1S/C18H20Cl2N2O4S/c19-15-4-2-14(3-5-15)12-22(13-18(24)21-10-1-11-23)27(25,26)17-8-6-16(20)7-9-17/h2-9,23H,1,10-13H2,(H,21,24). The highest BCUT2D eigenvalue weighted by molar-refractivity contribution is 7.89. The Bertz CT molecular complexity index is 856. The fourth-order valence-corrected chi connectivity index (χ4v) is 3.93. The summed E-state index contributed by atoms with van der Waals surface area (Å²) in [4.78, 5) is 12.2. The number of halogens is 2. The molecule has 1 amide bonds. The number of carbonyl (C=O) groups excluding carboxylic acids is 1. The van der Waals surface area contributed by atoms with Crippen LogP contribution in [0.25, 0.3) is 0 Å². The number of amides is 1. The molecule has 0 aliphatic carbocycles. The van der Waals surface area contributed by atoms with Crippen molar-refractivity contribution < 1.29 is 18.3 Å². The van der Waals surface area contributed by atoms with E-state index >= 15 is 0 Å². The van der Waals surface area contributed by atoms with E-state index in [-0.39, 0.29) is 31.1 Å². The molecule has 0 heterocycles. The number of hydrogen-bond donors (Lipinski definition) is 2. The van der Waals surface area contributed by atoms with E-state index < -0.39 is 15.9 Å². The topological polar surface area (TPSA) is 86.7 Å². The highest BCUT2D eigenvalue weighted by Gasteiger charge is 2.26. The quantitative estimate of drug-likeness (QED) is 0.598. The zero-order valence-corrected chi connectivity index (χ0v) is 16.8. The van der Waals surface area contributed by atoms with Crippen LogP contribution in [0.2, 0.25) is 10.0 Å². The van der Waals surface area contributed by atoms with Gasteiger partial charge in [-0.1, -0.05) is 35.3 Å². The molecule has 146 valence electrons. The van der Waals surface area contributed by atoms with E-state index in [1.165, 1.54) is 24.3 Å². The molecule has 0 unspecified atom stereocenters. The number of hydrogen-bond acceptors (Lipinski definition) is 4. The van der Waals surface area contributed by atoms with Gasteiger partial charge in [-0.2, -0.15) is 4.31 Å². The molecule has 0 spiro atoms. The molecule has 0 fully saturated rings. The summed E-state index contributed by atoms with van der Waals surface area (Å²) in [5.74, 6) is -0.449. The minimum Gasteiger partial charge on any atom is -0.396 e.